The molecule has 0 bridgehead atoms. The number of carbonyl (C=O) groups is 2. The summed E-state index contributed by atoms with van der Waals surface area (Å²) in [5.41, 5.74) is 1.69. The normalized spacial score (nSPS) is 23.6. The number of rotatable bonds is 6. The second-order valence-electron chi connectivity index (χ2n) is 6.74. The van der Waals surface area contributed by atoms with E-state index in [4.69, 9.17) is 0 Å². The summed E-state index contributed by atoms with van der Waals surface area (Å²) in [4.78, 5) is 23.0. The minimum absolute atomic E-state index is 0.0185. The van der Waals surface area contributed by atoms with Gasteiger partial charge in [0.25, 0.3) is 0 Å². The monoisotopic (exact) mass is 264 g/mol. The molecular weight excluding hydrogens is 236 g/mol. The Labute approximate surface area is 117 Å². The quantitative estimate of drug-likeness (QED) is 0.528. The van der Waals surface area contributed by atoms with E-state index in [1.165, 1.54) is 18.9 Å². The van der Waals surface area contributed by atoms with Crippen molar-refractivity contribution < 1.29 is 9.59 Å². The largest absolute Gasteiger partial charge is 0.300 e. The molecule has 0 amide bonds. The Kier molecular flexibility index (Phi) is 5.51. The molecule has 2 nitrogen and oxygen atoms in total. The highest BCUT2D eigenvalue weighted by Crippen LogP contribution is 2.46. The maximum absolute atomic E-state index is 11.9. The standard InChI is InChI=1S/C17H28O2/c1-6-14(11-15(19)10-13(3)18)16-12(2)8-7-9-17(16,4)5/h8,14,16H,6-7,9-11H2,1-5H3. The lowest BCUT2D eigenvalue weighted by Crippen LogP contribution is -2.35. The summed E-state index contributed by atoms with van der Waals surface area (Å²) in [5, 5.41) is 0. The number of ketones is 2. The van der Waals surface area contributed by atoms with Crippen LogP contribution in [0.5, 0.6) is 0 Å². The van der Waals surface area contributed by atoms with Crippen LogP contribution in [-0.2, 0) is 9.59 Å². The van der Waals surface area contributed by atoms with Gasteiger partial charge in [-0.05, 0) is 43.9 Å². The first-order chi connectivity index (χ1) is 8.77. The van der Waals surface area contributed by atoms with Crippen LogP contribution in [0, 0.1) is 17.3 Å². The van der Waals surface area contributed by atoms with Gasteiger partial charge in [0.2, 0.25) is 0 Å². The average molecular weight is 264 g/mol. The first-order valence-corrected chi connectivity index (χ1v) is 7.45. The SMILES string of the molecule is CCC(CC(=O)CC(C)=O)C1C(C)=CCCC1(C)C. The molecule has 0 saturated carbocycles. The van der Waals surface area contributed by atoms with Gasteiger partial charge >= 0.3 is 0 Å². The van der Waals surface area contributed by atoms with E-state index >= 15 is 0 Å². The summed E-state index contributed by atoms with van der Waals surface area (Å²) in [6, 6.07) is 0. The van der Waals surface area contributed by atoms with E-state index in [1.54, 1.807) is 0 Å². The van der Waals surface area contributed by atoms with Gasteiger partial charge in [-0.25, -0.2) is 0 Å². The molecule has 2 unspecified atom stereocenters. The van der Waals surface area contributed by atoms with Crippen LogP contribution in [0.4, 0.5) is 0 Å². The predicted molar refractivity (Wildman–Crippen MR) is 79.0 cm³/mol. The maximum Gasteiger partial charge on any atom is 0.140 e. The van der Waals surface area contributed by atoms with Gasteiger partial charge in [0.05, 0.1) is 6.42 Å². The van der Waals surface area contributed by atoms with Crippen LogP contribution in [0.15, 0.2) is 11.6 Å². The lowest BCUT2D eigenvalue weighted by atomic mass is 9.62. The second-order valence-corrected chi connectivity index (χ2v) is 6.74. The molecule has 0 heterocycles. The van der Waals surface area contributed by atoms with Crippen molar-refractivity contribution in [2.24, 2.45) is 17.3 Å². The van der Waals surface area contributed by atoms with Gasteiger partial charge in [-0.2, -0.15) is 0 Å². The molecule has 0 saturated heterocycles. The van der Waals surface area contributed by atoms with Crippen molar-refractivity contribution in [2.75, 3.05) is 0 Å². The number of Topliss-reactive ketones (excluding diaryl/α,β-unsaturated/α-hetero) is 2. The fourth-order valence-corrected chi connectivity index (χ4v) is 3.72. The maximum atomic E-state index is 11.9. The van der Waals surface area contributed by atoms with Gasteiger partial charge in [0, 0.05) is 6.42 Å². The molecule has 1 aliphatic rings. The van der Waals surface area contributed by atoms with Crippen molar-refractivity contribution in [1.82, 2.24) is 0 Å². The fraction of sp³-hybridized carbons (Fsp3) is 0.765. The van der Waals surface area contributed by atoms with Crippen molar-refractivity contribution >= 4 is 11.6 Å². The number of carbonyl (C=O) groups excluding carboxylic acids is 2. The first kappa shape index (κ1) is 16.1. The lowest BCUT2D eigenvalue weighted by molar-refractivity contribution is -0.126. The topological polar surface area (TPSA) is 34.1 Å². The van der Waals surface area contributed by atoms with Gasteiger partial charge in [-0.3, -0.25) is 9.59 Å². The molecule has 0 N–H and O–H groups in total. The fourth-order valence-electron chi connectivity index (χ4n) is 3.72. The van der Waals surface area contributed by atoms with E-state index in [1.807, 2.05) is 0 Å². The summed E-state index contributed by atoms with van der Waals surface area (Å²) in [5.74, 6) is 0.934. The van der Waals surface area contributed by atoms with Crippen molar-refractivity contribution in [2.45, 2.75) is 66.7 Å². The van der Waals surface area contributed by atoms with E-state index in [9.17, 15) is 9.59 Å². The highest BCUT2D eigenvalue weighted by Gasteiger charge is 2.38. The molecule has 1 aliphatic carbocycles. The first-order valence-electron chi connectivity index (χ1n) is 7.45. The number of hydrogen-bond donors (Lipinski definition) is 0. The van der Waals surface area contributed by atoms with Crippen molar-refractivity contribution in [1.29, 1.82) is 0 Å². The molecule has 19 heavy (non-hydrogen) atoms. The van der Waals surface area contributed by atoms with Crippen LogP contribution < -0.4 is 0 Å². The van der Waals surface area contributed by atoms with Crippen molar-refractivity contribution in [3.8, 4) is 0 Å². The average Bonchev–Trinajstić information content (AvgIpc) is 2.25. The van der Waals surface area contributed by atoms with E-state index in [0.717, 1.165) is 12.8 Å². The Morgan fingerprint density at radius 3 is 2.53 bits per heavy atom. The third-order valence-electron chi connectivity index (χ3n) is 4.52. The van der Waals surface area contributed by atoms with Gasteiger partial charge in [0.1, 0.15) is 11.6 Å². The minimum atomic E-state index is -0.0185. The van der Waals surface area contributed by atoms with Crippen molar-refractivity contribution in [3.63, 3.8) is 0 Å². The molecule has 0 spiro atoms. The third-order valence-corrected chi connectivity index (χ3v) is 4.52. The highest BCUT2D eigenvalue weighted by molar-refractivity contribution is 5.97. The molecular formula is C17H28O2. The molecule has 2 heteroatoms. The highest BCUT2D eigenvalue weighted by atomic mass is 16.1. The summed E-state index contributed by atoms with van der Waals surface area (Å²) in [7, 11) is 0. The summed E-state index contributed by atoms with van der Waals surface area (Å²) in [6.07, 6.45) is 6.32. The molecule has 1 rings (SSSR count). The minimum Gasteiger partial charge on any atom is -0.300 e. The van der Waals surface area contributed by atoms with Gasteiger partial charge in [-0.1, -0.05) is 38.8 Å². The lowest BCUT2D eigenvalue weighted by Gasteiger charge is -2.43. The Bertz CT molecular complexity index is 377. The molecule has 0 aliphatic heterocycles. The van der Waals surface area contributed by atoms with E-state index in [2.05, 4.69) is 33.8 Å². The molecule has 0 aromatic rings. The Balaban J connectivity index is 2.83. The molecule has 0 aromatic heterocycles. The zero-order chi connectivity index (χ0) is 14.6. The summed E-state index contributed by atoms with van der Waals surface area (Å²) < 4.78 is 0. The van der Waals surface area contributed by atoms with Crippen molar-refractivity contribution in [3.05, 3.63) is 11.6 Å². The van der Waals surface area contributed by atoms with E-state index in [-0.39, 0.29) is 23.4 Å². The van der Waals surface area contributed by atoms with E-state index < -0.39 is 0 Å². The number of hydrogen-bond acceptors (Lipinski definition) is 2. The van der Waals surface area contributed by atoms with Gasteiger partial charge in [0.15, 0.2) is 0 Å². The smallest absolute Gasteiger partial charge is 0.140 e. The number of allylic oxidation sites excluding steroid dienone is 2. The van der Waals surface area contributed by atoms with Crippen LogP contribution in [0.1, 0.15) is 66.7 Å². The zero-order valence-electron chi connectivity index (χ0n) is 13.1. The molecule has 2 atom stereocenters. The summed E-state index contributed by atoms with van der Waals surface area (Å²) in [6.45, 7) is 10.5. The van der Waals surface area contributed by atoms with Crippen LogP contribution >= 0.6 is 0 Å². The van der Waals surface area contributed by atoms with Crippen LogP contribution in [-0.4, -0.2) is 11.6 Å². The Morgan fingerprint density at radius 1 is 1.42 bits per heavy atom. The zero-order valence-corrected chi connectivity index (χ0v) is 13.1. The van der Waals surface area contributed by atoms with Gasteiger partial charge in [-0.15, -0.1) is 0 Å². The van der Waals surface area contributed by atoms with Crippen LogP contribution in [0.3, 0.4) is 0 Å². The molecule has 108 valence electrons. The van der Waals surface area contributed by atoms with Gasteiger partial charge < -0.3 is 0 Å². The molecule has 0 aromatic carbocycles. The second kappa shape index (κ2) is 6.49. The Morgan fingerprint density at radius 2 is 2.05 bits per heavy atom. The third kappa shape index (κ3) is 4.29. The Hall–Kier alpha value is -0.920. The molecule has 0 radical (unpaired) electrons. The van der Waals surface area contributed by atoms with Crippen LogP contribution in [0.2, 0.25) is 0 Å². The summed E-state index contributed by atoms with van der Waals surface area (Å²) >= 11 is 0. The molecule has 0 fully saturated rings. The predicted octanol–water partition coefficient (Wildman–Crippen LogP) is 4.33. The van der Waals surface area contributed by atoms with Crippen LogP contribution in [0.25, 0.3) is 0 Å². The van der Waals surface area contributed by atoms with E-state index in [0.29, 0.717) is 18.3 Å².